The molecule has 0 aromatic carbocycles. The van der Waals surface area contributed by atoms with Crippen LogP contribution in [-0.2, 0) is 23.8 Å². The van der Waals surface area contributed by atoms with Gasteiger partial charge in [0.1, 0.15) is 6.61 Å². The van der Waals surface area contributed by atoms with Gasteiger partial charge >= 0.3 is 11.9 Å². The maximum atomic E-state index is 12.4. The average Bonchev–Trinajstić information content (AvgIpc) is 2.93. The van der Waals surface area contributed by atoms with Crippen LogP contribution in [0.25, 0.3) is 0 Å². The summed E-state index contributed by atoms with van der Waals surface area (Å²) in [5.41, 5.74) is 0. The molecule has 0 bridgehead atoms. The second kappa shape index (κ2) is 34.1. The Kier molecular flexibility index (Phi) is 35.0. The molecular weight excluding hydrogens is 500 g/mol. The van der Waals surface area contributed by atoms with Crippen molar-refractivity contribution in [2.24, 2.45) is 0 Å². The molecule has 0 rings (SSSR count). The molecule has 0 aliphatic carbocycles. The summed E-state index contributed by atoms with van der Waals surface area (Å²) in [5.74, 6) is -0.412. The third-order valence-corrected chi connectivity index (χ3v) is 7.35. The van der Waals surface area contributed by atoms with E-state index in [4.69, 9.17) is 14.2 Å². The molecule has 0 amide bonds. The lowest BCUT2D eigenvalue weighted by Crippen LogP contribution is -2.30. The van der Waals surface area contributed by atoms with Gasteiger partial charge in [0.2, 0.25) is 0 Å². The van der Waals surface area contributed by atoms with E-state index in [0.29, 0.717) is 19.4 Å². The predicted octanol–water partition coefficient (Wildman–Crippen LogP) is 10.9. The fourth-order valence-electron chi connectivity index (χ4n) is 4.85. The van der Waals surface area contributed by atoms with E-state index in [9.17, 15) is 9.59 Å². The van der Waals surface area contributed by atoms with Gasteiger partial charge in [-0.25, -0.2) is 0 Å². The van der Waals surface area contributed by atoms with Gasteiger partial charge in [-0.15, -0.1) is 0 Å². The zero-order valence-corrected chi connectivity index (χ0v) is 26.4. The topological polar surface area (TPSA) is 61.8 Å². The molecule has 0 N–H and O–H groups in total. The molecule has 1 unspecified atom stereocenters. The first-order valence-electron chi connectivity index (χ1n) is 17.1. The summed E-state index contributed by atoms with van der Waals surface area (Å²) in [7, 11) is 0. The standard InChI is InChI=1S/C34H66O5.CH4/c1-4-7-9-11-13-15-17-19-21-23-25-27-33(35)38-31-32(30-37-29-6-3)39-34(36)28-26-24-22-20-18-16-14-12-10-8-5-2;/h32H,4-31H2,1-3H3;1H4. The largest absolute Gasteiger partial charge is 0.462 e. The molecule has 240 valence electrons. The third kappa shape index (κ3) is 31.4. The highest BCUT2D eigenvalue weighted by atomic mass is 16.6. The molecule has 0 radical (unpaired) electrons. The fourth-order valence-corrected chi connectivity index (χ4v) is 4.85. The van der Waals surface area contributed by atoms with Gasteiger partial charge in [0.15, 0.2) is 6.10 Å². The molecule has 0 spiro atoms. The van der Waals surface area contributed by atoms with Crippen molar-refractivity contribution in [3.63, 3.8) is 0 Å². The number of carbonyl (C=O) groups excluding carboxylic acids is 2. The smallest absolute Gasteiger partial charge is 0.306 e. The first-order valence-corrected chi connectivity index (χ1v) is 17.1. The quantitative estimate of drug-likeness (QED) is 0.0612. The van der Waals surface area contributed by atoms with E-state index in [-0.39, 0.29) is 32.6 Å². The molecule has 0 saturated carbocycles. The third-order valence-electron chi connectivity index (χ3n) is 7.35. The van der Waals surface area contributed by atoms with Gasteiger partial charge in [-0.1, -0.05) is 157 Å². The summed E-state index contributed by atoms with van der Waals surface area (Å²) in [6, 6.07) is 0. The first-order chi connectivity index (χ1) is 19.1. The van der Waals surface area contributed by atoms with Crippen molar-refractivity contribution in [1.82, 2.24) is 0 Å². The number of hydrogen-bond donors (Lipinski definition) is 0. The van der Waals surface area contributed by atoms with Crippen molar-refractivity contribution >= 4 is 11.9 Å². The van der Waals surface area contributed by atoms with Crippen LogP contribution in [0.4, 0.5) is 0 Å². The number of unbranched alkanes of at least 4 members (excludes halogenated alkanes) is 20. The normalized spacial score (nSPS) is 11.7. The molecule has 40 heavy (non-hydrogen) atoms. The first kappa shape index (κ1) is 41.0. The van der Waals surface area contributed by atoms with E-state index in [0.717, 1.165) is 32.1 Å². The summed E-state index contributed by atoms with van der Waals surface area (Å²) in [6.45, 7) is 7.53. The molecule has 1 atom stereocenters. The number of carbonyl (C=O) groups is 2. The zero-order valence-electron chi connectivity index (χ0n) is 26.4. The lowest BCUT2D eigenvalue weighted by atomic mass is 10.1. The lowest BCUT2D eigenvalue weighted by molar-refractivity contribution is -0.162. The summed E-state index contributed by atoms with van der Waals surface area (Å²) in [6.07, 6.45) is 28.8. The van der Waals surface area contributed by atoms with E-state index < -0.39 is 6.10 Å². The zero-order chi connectivity index (χ0) is 28.7. The minimum absolute atomic E-state index is 0. The molecule has 0 aromatic rings. The highest BCUT2D eigenvalue weighted by molar-refractivity contribution is 5.70. The van der Waals surface area contributed by atoms with Crippen LogP contribution in [0.3, 0.4) is 0 Å². The van der Waals surface area contributed by atoms with Gasteiger partial charge in [-0.05, 0) is 19.3 Å². The van der Waals surface area contributed by atoms with Crippen molar-refractivity contribution in [3.05, 3.63) is 0 Å². The van der Waals surface area contributed by atoms with Gasteiger partial charge < -0.3 is 14.2 Å². The van der Waals surface area contributed by atoms with Crippen molar-refractivity contribution in [2.45, 2.75) is 195 Å². The Morgan fingerprint density at radius 1 is 0.475 bits per heavy atom. The molecule has 5 heteroatoms. The summed E-state index contributed by atoms with van der Waals surface area (Å²) < 4.78 is 16.6. The maximum Gasteiger partial charge on any atom is 0.306 e. The van der Waals surface area contributed by atoms with Gasteiger partial charge in [0.25, 0.3) is 0 Å². The van der Waals surface area contributed by atoms with E-state index in [1.54, 1.807) is 0 Å². The van der Waals surface area contributed by atoms with E-state index >= 15 is 0 Å². The molecule has 5 nitrogen and oxygen atoms in total. The lowest BCUT2D eigenvalue weighted by Gasteiger charge is -2.18. The number of rotatable bonds is 31. The fraction of sp³-hybridized carbons (Fsp3) is 0.943. The maximum absolute atomic E-state index is 12.4. The Bertz CT molecular complexity index is 522. The minimum atomic E-state index is -0.516. The molecular formula is C35H70O5. The molecule has 0 aliphatic rings. The Balaban J connectivity index is 0. The van der Waals surface area contributed by atoms with E-state index in [1.807, 2.05) is 6.92 Å². The van der Waals surface area contributed by atoms with Crippen LogP contribution >= 0.6 is 0 Å². The minimum Gasteiger partial charge on any atom is -0.462 e. The van der Waals surface area contributed by atoms with Crippen LogP contribution in [0, 0.1) is 0 Å². The average molecular weight is 571 g/mol. The highest BCUT2D eigenvalue weighted by Crippen LogP contribution is 2.14. The molecule has 0 aliphatic heterocycles. The van der Waals surface area contributed by atoms with Crippen molar-refractivity contribution in [1.29, 1.82) is 0 Å². The van der Waals surface area contributed by atoms with Gasteiger partial charge in [-0.3, -0.25) is 9.59 Å². The Morgan fingerprint density at radius 2 is 0.850 bits per heavy atom. The monoisotopic (exact) mass is 571 g/mol. The van der Waals surface area contributed by atoms with E-state index in [2.05, 4.69) is 13.8 Å². The Morgan fingerprint density at radius 3 is 1.25 bits per heavy atom. The number of ether oxygens (including phenoxy) is 3. The van der Waals surface area contributed by atoms with Crippen LogP contribution in [0.15, 0.2) is 0 Å². The van der Waals surface area contributed by atoms with E-state index in [1.165, 1.54) is 116 Å². The Labute approximate surface area is 250 Å². The second-order valence-corrected chi connectivity index (χ2v) is 11.4. The summed E-state index contributed by atoms with van der Waals surface area (Å²) >= 11 is 0. The SMILES string of the molecule is C.CCCCCCCCCCCCCC(=O)OCC(COCCC)OC(=O)CCCCCCCCCCCCC. The van der Waals surface area contributed by atoms with Crippen LogP contribution in [-0.4, -0.2) is 37.9 Å². The highest BCUT2D eigenvalue weighted by Gasteiger charge is 2.17. The predicted molar refractivity (Wildman–Crippen MR) is 171 cm³/mol. The second-order valence-electron chi connectivity index (χ2n) is 11.4. The summed E-state index contributed by atoms with van der Waals surface area (Å²) in [5, 5.41) is 0. The van der Waals surface area contributed by atoms with Crippen LogP contribution in [0.1, 0.15) is 189 Å². The van der Waals surface area contributed by atoms with Crippen LogP contribution < -0.4 is 0 Å². The Hall–Kier alpha value is -1.10. The molecule has 0 fully saturated rings. The summed E-state index contributed by atoms with van der Waals surface area (Å²) in [4.78, 5) is 24.6. The van der Waals surface area contributed by atoms with Gasteiger partial charge in [-0.2, -0.15) is 0 Å². The van der Waals surface area contributed by atoms with Crippen LogP contribution in [0.5, 0.6) is 0 Å². The van der Waals surface area contributed by atoms with Crippen molar-refractivity contribution < 1.29 is 23.8 Å². The van der Waals surface area contributed by atoms with Crippen molar-refractivity contribution in [2.75, 3.05) is 19.8 Å². The number of hydrogen-bond acceptors (Lipinski definition) is 5. The number of esters is 2. The molecule has 0 heterocycles. The van der Waals surface area contributed by atoms with Gasteiger partial charge in [0, 0.05) is 19.4 Å². The van der Waals surface area contributed by atoms with Gasteiger partial charge in [0.05, 0.1) is 6.61 Å². The van der Waals surface area contributed by atoms with Crippen molar-refractivity contribution in [3.8, 4) is 0 Å². The van der Waals surface area contributed by atoms with Crippen LogP contribution in [0.2, 0.25) is 0 Å². The molecule has 0 aromatic heterocycles. The molecule has 0 saturated heterocycles.